The van der Waals surface area contributed by atoms with Crippen LogP contribution in [0.5, 0.6) is 0 Å². The van der Waals surface area contributed by atoms with Crippen molar-refractivity contribution in [2.24, 2.45) is 0 Å². The van der Waals surface area contributed by atoms with Crippen molar-refractivity contribution in [2.75, 3.05) is 20.8 Å². The summed E-state index contributed by atoms with van der Waals surface area (Å²) in [6.07, 6.45) is 9.57. The molecule has 0 heterocycles. The summed E-state index contributed by atoms with van der Waals surface area (Å²) in [6.45, 7) is 7.87. The maximum atomic E-state index is 11.2. The third kappa shape index (κ3) is 11.0. The first-order valence-electron chi connectivity index (χ1n) is 8.38. The fourth-order valence-corrected chi connectivity index (χ4v) is 3.65. The van der Waals surface area contributed by atoms with Crippen molar-refractivity contribution in [1.29, 1.82) is 0 Å². The first kappa shape index (κ1) is 21.3. The van der Waals surface area contributed by atoms with E-state index in [9.17, 15) is 4.79 Å². The van der Waals surface area contributed by atoms with E-state index in [1.165, 1.54) is 38.5 Å². The zero-order chi connectivity index (χ0) is 16.8. The van der Waals surface area contributed by atoms with Gasteiger partial charge in [0.1, 0.15) is 0 Å². The zero-order valence-corrected chi connectivity index (χ0v) is 15.9. The first-order valence-corrected chi connectivity index (χ1v) is 10.9. The predicted octanol–water partition coefficient (Wildman–Crippen LogP) is 4.59. The van der Waals surface area contributed by atoms with Crippen molar-refractivity contribution in [3.8, 4) is 0 Å². The predicted molar refractivity (Wildman–Crippen MR) is 93.2 cm³/mol. The van der Waals surface area contributed by atoms with E-state index in [0.717, 1.165) is 18.9 Å². The van der Waals surface area contributed by atoms with Gasteiger partial charge in [-0.3, -0.25) is 0 Å². The number of hydrogen-bond acceptors (Lipinski definition) is 4. The second kappa shape index (κ2) is 12.8. The van der Waals surface area contributed by atoms with E-state index < -0.39 is 8.56 Å². The van der Waals surface area contributed by atoms with Crippen LogP contribution in [0.25, 0.3) is 0 Å². The Labute approximate surface area is 137 Å². The quantitative estimate of drug-likeness (QED) is 0.202. The normalized spacial score (nSPS) is 11.5. The van der Waals surface area contributed by atoms with Gasteiger partial charge < -0.3 is 13.6 Å². The van der Waals surface area contributed by atoms with Gasteiger partial charge in [-0.05, 0) is 25.9 Å². The topological polar surface area (TPSA) is 44.8 Å². The zero-order valence-electron chi connectivity index (χ0n) is 14.9. The molecule has 22 heavy (non-hydrogen) atoms. The van der Waals surface area contributed by atoms with Crippen molar-refractivity contribution < 1.29 is 18.4 Å². The molecule has 0 saturated heterocycles. The van der Waals surface area contributed by atoms with Gasteiger partial charge in [0, 0.05) is 19.8 Å². The number of carbonyl (C=O) groups excluding carboxylic acids is 1. The van der Waals surface area contributed by atoms with Crippen LogP contribution < -0.4 is 0 Å². The van der Waals surface area contributed by atoms with Crippen molar-refractivity contribution in [2.45, 2.75) is 70.9 Å². The Hall–Kier alpha value is -0.653. The molecule has 130 valence electrons. The summed E-state index contributed by atoms with van der Waals surface area (Å²) in [6, 6.07) is 1.08. The van der Waals surface area contributed by atoms with Gasteiger partial charge in [-0.2, -0.15) is 0 Å². The number of rotatable bonds is 14. The molecule has 0 aliphatic heterocycles. The van der Waals surface area contributed by atoms with E-state index in [1.54, 1.807) is 21.1 Å². The van der Waals surface area contributed by atoms with Gasteiger partial charge >= 0.3 is 14.5 Å². The largest absolute Gasteiger partial charge is 0.462 e. The minimum Gasteiger partial charge on any atom is -0.462 e. The van der Waals surface area contributed by atoms with E-state index in [2.05, 4.69) is 13.1 Å². The van der Waals surface area contributed by atoms with Gasteiger partial charge in [0.25, 0.3) is 0 Å². The molecule has 4 nitrogen and oxygen atoms in total. The van der Waals surface area contributed by atoms with Crippen molar-refractivity contribution in [3.63, 3.8) is 0 Å². The minimum atomic E-state index is -1.85. The number of ether oxygens (including phenoxy) is 1. The summed E-state index contributed by atoms with van der Waals surface area (Å²) >= 11 is 0. The Morgan fingerprint density at radius 3 is 1.82 bits per heavy atom. The standard InChI is InChI=1S/C17H34O4Si/c1-16(2)17(18)21-14-12-10-8-6-7-9-11-13-15-22(5,19-3)20-4/h1,6-15H2,2-5H3. The number of unbranched alkanes of at least 4 members (excludes halogenated alkanes) is 7. The van der Waals surface area contributed by atoms with Crippen molar-refractivity contribution in [1.82, 2.24) is 0 Å². The molecule has 0 aromatic heterocycles. The summed E-state index contributed by atoms with van der Waals surface area (Å²) in [5.41, 5.74) is 0.473. The average Bonchev–Trinajstić information content (AvgIpc) is 2.51. The monoisotopic (exact) mass is 330 g/mol. The molecular formula is C17H34O4Si. The molecule has 0 aliphatic carbocycles. The third-order valence-corrected chi connectivity index (χ3v) is 6.96. The molecule has 0 atom stereocenters. The molecule has 0 unspecified atom stereocenters. The second-order valence-corrected chi connectivity index (χ2v) is 9.62. The van der Waals surface area contributed by atoms with Crippen LogP contribution in [0.15, 0.2) is 12.2 Å². The lowest BCUT2D eigenvalue weighted by atomic mass is 10.1. The smallest absolute Gasteiger partial charge is 0.334 e. The van der Waals surface area contributed by atoms with Crippen LogP contribution >= 0.6 is 0 Å². The maximum absolute atomic E-state index is 11.2. The van der Waals surface area contributed by atoms with Crippen LogP contribution in [0.2, 0.25) is 12.6 Å². The molecule has 0 aromatic rings. The highest BCUT2D eigenvalue weighted by molar-refractivity contribution is 6.65. The Morgan fingerprint density at radius 2 is 1.36 bits per heavy atom. The van der Waals surface area contributed by atoms with Gasteiger partial charge in [0.05, 0.1) is 6.61 Å². The molecule has 0 aliphatic rings. The van der Waals surface area contributed by atoms with Gasteiger partial charge in [0.2, 0.25) is 0 Å². The summed E-state index contributed by atoms with van der Waals surface area (Å²) in [7, 11) is 1.65. The Morgan fingerprint density at radius 1 is 0.909 bits per heavy atom. The van der Waals surface area contributed by atoms with Gasteiger partial charge in [-0.15, -0.1) is 0 Å². The molecule has 0 radical (unpaired) electrons. The number of carbonyl (C=O) groups is 1. The second-order valence-electron chi connectivity index (χ2n) is 6.04. The Balaban J connectivity index is 3.31. The lowest BCUT2D eigenvalue weighted by Gasteiger charge is -2.22. The summed E-state index contributed by atoms with van der Waals surface area (Å²) in [4.78, 5) is 11.2. The summed E-state index contributed by atoms with van der Waals surface area (Å²) in [5.74, 6) is -0.275. The fraction of sp³-hybridized carbons (Fsp3) is 0.824. The van der Waals surface area contributed by atoms with E-state index in [0.29, 0.717) is 12.2 Å². The SMILES string of the molecule is C=C(C)C(=O)OCCCCCCCCCC[Si](C)(OC)OC. The molecule has 0 spiro atoms. The third-order valence-electron chi connectivity index (χ3n) is 3.97. The molecule has 0 rings (SSSR count). The van der Waals surface area contributed by atoms with Crippen molar-refractivity contribution >= 4 is 14.5 Å². The summed E-state index contributed by atoms with van der Waals surface area (Å²) < 4.78 is 16.0. The van der Waals surface area contributed by atoms with Crippen LogP contribution in [0.4, 0.5) is 0 Å². The van der Waals surface area contributed by atoms with Gasteiger partial charge in [-0.25, -0.2) is 4.79 Å². The molecule has 0 saturated carbocycles. The highest BCUT2D eigenvalue weighted by Crippen LogP contribution is 2.17. The molecule has 0 amide bonds. The molecule has 0 bridgehead atoms. The van der Waals surface area contributed by atoms with Crippen LogP contribution in [0.1, 0.15) is 58.3 Å². The van der Waals surface area contributed by atoms with E-state index in [1.807, 2.05) is 0 Å². The van der Waals surface area contributed by atoms with E-state index >= 15 is 0 Å². The number of esters is 1. The van der Waals surface area contributed by atoms with E-state index in [4.69, 9.17) is 13.6 Å². The molecule has 0 fully saturated rings. The van der Waals surface area contributed by atoms with Crippen LogP contribution in [0, 0.1) is 0 Å². The highest BCUT2D eigenvalue weighted by atomic mass is 28.4. The lowest BCUT2D eigenvalue weighted by Crippen LogP contribution is -2.35. The number of hydrogen-bond donors (Lipinski definition) is 0. The average molecular weight is 331 g/mol. The van der Waals surface area contributed by atoms with Crippen LogP contribution in [-0.4, -0.2) is 35.4 Å². The minimum absolute atomic E-state index is 0.275. The van der Waals surface area contributed by atoms with Gasteiger partial charge in [0.15, 0.2) is 0 Å². The fourth-order valence-electron chi connectivity index (χ4n) is 2.18. The molecule has 0 aromatic carbocycles. The highest BCUT2D eigenvalue weighted by Gasteiger charge is 2.27. The summed E-state index contributed by atoms with van der Waals surface area (Å²) in [5, 5.41) is 0. The molecular weight excluding hydrogens is 296 g/mol. The van der Waals surface area contributed by atoms with E-state index in [-0.39, 0.29) is 5.97 Å². The first-order chi connectivity index (χ1) is 10.4. The molecule has 5 heteroatoms. The Kier molecular flexibility index (Phi) is 12.5. The molecule has 0 N–H and O–H groups in total. The maximum Gasteiger partial charge on any atom is 0.334 e. The van der Waals surface area contributed by atoms with Crippen LogP contribution in [-0.2, 0) is 18.4 Å². The van der Waals surface area contributed by atoms with Crippen LogP contribution in [0.3, 0.4) is 0 Å². The Bertz CT molecular complexity index is 314. The lowest BCUT2D eigenvalue weighted by molar-refractivity contribution is -0.139. The van der Waals surface area contributed by atoms with Gasteiger partial charge in [-0.1, -0.05) is 51.5 Å². The van der Waals surface area contributed by atoms with Crippen molar-refractivity contribution in [3.05, 3.63) is 12.2 Å².